The second-order valence-electron chi connectivity index (χ2n) is 5.15. The van der Waals surface area contributed by atoms with E-state index in [0.29, 0.717) is 16.8 Å². The average Bonchev–Trinajstić information content (AvgIpc) is 2.55. The van der Waals surface area contributed by atoms with Crippen LogP contribution in [0.4, 0.5) is 13.2 Å². The summed E-state index contributed by atoms with van der Waals surface area (Å²) in [5.41, 5.74) is 4.86. The maximum Gasteiger partial charge on any atom is 0.417 e. The van der Waals surface area contributed by atoms with Gasteiger partial charge in [0.1, 0.15) is 0 Å². The predicted octanol–water partition coefficient (Wildman–Crippen LogP) is 2.77. The smallest absolute Gasteiger partial charge is 0.361 e. The van der Waals surface area contributed by atoms with Gasteiger partial charge in [0.05, 0.1) is 17.8 Å². The molecular weight excluding hydrogens is 359 g/mol. The van der Waals surface area contributed by atoms with Crippen molar-refractivity contribution in [2.75, 3.05) is 0 Å². The lowest BCUT2D eigenvalue weighted by molar-refractivity contribution is -0.145. The Morgan fingerprint density at radius 2 is 1.80 bits per heavy atom. The van der Waals surface area contributed by atoms with E-state index in [4.69, 9.17) is 17.3 Å². The first kappa shape index (κ1) is 18.7. The molecular formula is C16H13ClF3N3O2. The molecule has 25 heavy (non-hydrogen) atoms. The molecule has 0 bridgehead atoms. The third-order valence-electron chi connectivity index (χ3n) is 3.32. The molecule has 0 aliphatic carbocycles. The summed E-state index contributed by atoms with van der Waals surface area (Å²) in [6, 6.07) is 8.65. The quantitative estimate of drug-likeness (QED) is 0.840. The van der Waals surface area contributed by atoms with Gasteiger partial charge in [0.2, 0.25) is 0 Å². The monoisotopic (exact) mass is 371 g/mol. The molecule has 0 radical (unpaired) electrons. The Morgan fingerprint density at radius 3 is 2.32 bits per heavy atom. The number of rotatable bonds is 4. The molecule has 0 aliphatic rings. The van der Waals surface area contributed by atoms with Crippen molar-refractivity contribution in [1.82, 2.24) is 9.88 Å². The van der Waals surface area contributed by atoms with Gasteiger partial charge in [0.15, 0.2) is 0 Å². The molecule has 0 saturated heterocycles. The summed E-state index contributed by atoms with van der Waals surface area (Å²) >= 11 is 6.03. The number of amides is 2. The van der Waals surface area contributed by atoms with Crippen molar-refractivity contribution in [1.29, 1.82) is 0 Å². The topological polar surface area (TPSA) is 76.3 Å². The van der Waals surface area contributed by atoms with Crippen LogP contribution in [-0.4, -0.2) is 21.7 Å². The Bertz CT molecular complexity index is 779. The van der Waals surface area contributed by atoms with Crippen LogP contribution >= 0.6 is 11.6 Å². The van der Waals surface area contributed by atoms with Gasteiger partial charge < -0.3 is 10.6 Å². The number of pyridine rings is 1. The molecule has 2 rings (SSSR count). The molecule has 0 spiro atoms. The number of benzene rings is 1. The van der Waals surface area contributed by atoms with E-state index in [1.807, 2.05) is 0 Å². The maximum atomic E-state index is 12.6. The van der Waals surface area contributed by atoms with Gasteiger partial charge in [-0.1, -0.05) is 29.8 Å². The van der Waals surface area contributed by atoms with Crippen LogP contribution in [-0.2, 0) is 28.9 Å². The van der Waals surface area contributed by atoms with Crippen molar-refractivity contribution in [2.45, 2.75) is 19.3 Å². The van der Waals surface area contributed by atoms with Gasteiger partial charge in [-0.05, 0) is 23.8 Å². The summed E-state index contributed by atoms with van der Waals surface area (Å²) < 4.78 is 37.7. The Balaban J connectivity index is 2.23. The van der Waals surface area contributed by atoms with Crippen LogP contribution in [0.1, 0.15) is 16.8 Å². The second-order valence-corrected chi connectivity index (χ2v) is 5.56. The molecule has 0 atom stereocenters. The highest BCUT2D eigenvalue weighted by Crippen LogP contribution is 2.28. The zero-order chi connectivity index (χ0) is 18.6. The predicted molar refractivity (Wildman–Crippen MR) is 84.1 cm³/mol. The van der Waals surface area contributed by atoms with E-state index in [1.165, 1.54) is 0 Å². The van der Waals surface area contributed by atoms with E-state index < -0.39 is 23.6 Å². The third kappa shape index (κ3) is 4.93. The molecule has 5 nitrogen and oxygen atoms in total. The third-order valence-corrected chi connectivity index (χ3v) is 3.69. The fourth-order valence-corrected chi connectivity index (χ4v) is 2.26. The zero-order valence-corrected chi connectivity index (χ0v) is 13.5. The van der Waals surface area contributed by atoms with Gasteiger partial charge in [0, 0.05) is 17.8 Å². The molecule has 9 heteroatoms. The van der Waals surface area contributed by atoms with Gasteiger partial charge in [-0.2, -0.15) is 13.2 Å². The van der Waals surface area contributed by atoms with Crippen LogP contribution in [0.2, 0.25) is 5.02 Å². The number of halogens is 4. The first-order valence-electron chi connectivity index (χ1n) is 7.02. The minimum atomic E-state index is -4.51. The van der Waals surface area contributed by atoms with E-state index in [-0.39, 0.29) is 18.8 Å². The maximum absolute atomic E-state index is 12.6. The Kier molecular flexibility index (Phi) is 5.63. The first-order chi connectivity index (χ1) is 11.7. The lowest BCUT2D eigenvalue weighted by atomic mass is 10.2. The number of alkyl halides is 3. The molecule has 1 aromatic heterocycles. The largest absolute Gasteiger partial charge is 0.417 e. The van der Waals surface area contributed by atoms with Crippen LogP contribution in [0.25, 0.3) is 0 Å². The number of aromatic nitrogens is 1. The molecule has 0 aliphatic heterocycles. The van der Waals surface area contributed by atoms with Crippen LogP contribution in [0, 0.1) is 0 Å². The molecule has 2 N–H and O–H groups in total. The van der Waals surface area contributed by atoms with Gasteiger partial charge in [0.25, 0.3) is 0 Å². The molecule has 1 aromatic carbocycles. The van der Waals surface area contributed by atoms with Crippen LogP contribution in [0.15, 0.2) is 42.6 Å². The Hall–Kier alpha value is -2.61. The molecule has 2 amide bonds. The average molecular weight is 372 g/mol. The summed E-state index contributed by atoms with van der Waals surface area (Å²) in [6.45, 7) is -0.227. The van der Waals surface area contributed by atoms with E-state index in [2.05, 4.69) is 4.98 Å². The van der Waals surface area contributed by atoms with Gasteiger partial charge in [-0.15, -0.1) is 0 Å². The summed E-state index contributed by atoms with van der Waals surface area (Å²) in [5.74, 6) is -2.17. The van der Waals surface area contributed by atoms with Gasteiger partial charge >= 0.3 is 18.0 Å². The summed E-state index contributed by atoms with van der Waals surface area (Å²) in [4.78, 5) is 28.0. The summed E-state index contributed by atoms with van der Waals surface area (Å²) in [6.07, 6.45) is -3.84. The fourth-order valence-electron chi connectivity index (χ4n) is 2.07. The number of hydrogen-bond donors (Lipinski definition) is 1. The number of nitrogens with two attached hydrogens (primary N) is 1. The summed E-state index contributed by atoms with van der Waals surface area (Å²) in [5, 5.41) is 0.380. The second kappa shape index (κ2) is 7.52. The SMILES string of the molecule is NC(=O)C(=O)N(Cc1ccc(C(F)(F)F)cn1)Cc1ccccc1Cl. The first-order valence-corrected chi connectivity index (χ1v) is 7.40. The van der Waals surface area contributed by atoms with Crippen molar-refractivity contribution in [3.8, 4) is 0 Å². The van der Waals surface area contributed by atoms with Crippen molar-refractivity contribution in [3.63, 3.8) is 0 Å². The molecule has 132 valence electrons. The van der Waals surface area contributed by atoms with Crippen molar-refractivity contribution in [3.05, 3.63) is 64.4 Å². The number of primary amides is 1. The van der Waals surface area contributed by atoms with Crippen LogP contribution in [0.3, 0.4) is 0 Å². The molecule has 0 fully saturated rings. The van der Waals surface area contributed by atoms with Gasteiger partial charge in [-0.3, -0.25) is 14.6 Å². The van der Waals surface area contributed by atoms with Crippen molar-refractivity contribution < 1.29 is 22.8 Å². The Morgan fingerprint density at radius 1 is 1.12 bits per heavy atom. The van der Waals surface area contributed by atoms with E-state index >= 15 is 0 Å². The normalized spacial score (nSPS) is 11.2. The number of hydrogen-bond acceptors (Lipinski definition) is 3. The van der Waals surface area contributed by atoms with E-state index in [0.717, 1.165) is 17.0 Å². The van der Waals surface area contributed by atoms with Crippen molar-refractivity contribution >= 4 is 23.4 Å². The number of carbonyl (C=O) groups excluding carboxylic acids is 2. The zero-order valence-electron chi connectivity index (χ0n) is 12.8. The minimum absolute atomic E-state index is 0.0376. The molecule has 0 saturated carbocycles. The minimum Gasteiger partial charge on any atom is -0.361 e. The highest BCUT2D eigenvalue weighted by Gasteiger charge is 2.31. The van der Waals surface area contributed by atoms with Crippen LogP contribution < -0.4 is 5.73 Å². The lowest BCUT2D eigenvalue weighted by Gasteiger charge is -2.21. The Labute approximate surface area is 146 Å². The molecule has 0 unspecified atom stereocenters. The number of carbonyl (C=O) groups is 2. The fraction of sp³-hybridized carbons (Fsp3) is 0.188. The van der Waals surface area contributed by atoms with Crippen molar-refractivity contribution in [2.24, 2.45) is 5.73 Å². The standard InChI is InChI=1S/C16H13ClF3N3O2/c17-13-4-2-1-3-10(13)8-23(15(25)14(21)24)9-12-6-5-11(7-22-12)16(18,19)20/h1-7H,8-9H2,(H2,21,24). The van der Waals surface area contributed by atoms with E-state index in [1.54, 1.807) is 24.3 Å². The highest BCUT2D eigenvalue weighted by molar-refractivity contribution is 6.34. The van der Waals surface area contributed by atoms with E-state index in [9.17, 15) is 22.8 Å². The summed E-state index contributed by atoms with van der Waals surface area (Å²) in [7, 11) is 0. The lowest BCUT2D eigenvalue weighted by Crippen LogP contribution is -2.39. The number of nitrogens with zero attached hydrogens (tertiary/aromatic N) is 2. The molecule has 1 heterocycles. The molecule has 2 aromatic rings. The highest BCUT2D eigenvalue weighted by atomic mass is 35.5. The van der Waals surface area contributed by atoms with Crippen LogP contribution in [0.5, 0.6) is 0 Å². The van der Waals surface area contributed by atoms with Gasteiger partial charge in [-0.25, -0.2) is 0 Å².